The van der Waals surface area contributed by atoms with Crippen molar-refractivity contribution in [3.05, 3.63) is 24.0 Å². The van der Waals surface area contributed by atoms with E-state index in [1.54, 1.807) is 0 Å². The second-order valence-electron chi connectivity index (χ2n) is 4.78. The Labute approximate surface area is 124 Å². The van der Waals surface area contributed by atoms with Gasteiger partial charge in [0.25, 0.3) is 0 Å². The minimum atomic E-state index is -3.58. The summed E-state index contributed by atoms with van der Waals surface area (Å²) in [6, 6.07) is 3.73. The van der Waals surface area contributed by atoms with E-state index in [2.05, 4.69) is 15.4 Å². The lowest BCUT2D eigenvalue weighted by atomic mass is 10.2. The van der Waals surface area contributed by atoms with Crippen LogP contribution in [0, 0.1) is 5.82 Å². The molecule has 1 aromatic rings. The standard InChI is InChI=1S/C13H20FN3O3S/c1-4-15-9(2)7-13(18)16-10-5-6-11(14)12(8-10)17-21(3,19)20/h5-6,8-9,15,17H,4,7H2,1-3H3,(H,16,18). The fourth-order valence-corrected chi connectivity index (χ4v) is 2.35. The summed E-state index contributed by atoms with van der Waals surface area (Å²) in [6.07, 6.45) is 1.19. The maximum Gasteiger partial charge on any atom is 0.229 e. The van der Waals surface area contributed by atoms with E-state index in [-0.39, 0.29) is 24.1 Å². The van der Waals surface area contributed by atoms with Crippen molar-refractivity contribution in [2.75, 3.05) is 22.8 Å². The Balaban J connectivity index is 2.76. The second-order valence-corrected chi connectivity index (χ2v) is 6.53. The predicted molar refractivity (Wildman–Crippen MR) is 81.3 cm³/mol. The van der Waals surface area contributed by atoms with Gasteiger partial charge in [0, 0.05) is 18.2 Å². The summed E-state index contributed by atoms with van der Waals surface area (Å²) >= 11 is 0. The number of nitrogens with one attached hydrogen (secondary N) is 3. The van der Waals surface area contributed by atoms with E-state index in [9.17, 15) is 17.6 Å². The maximum absolute atomic E-state index is 13.5. The molecule has 0 saturated carbocycles. The van der Waals surface area contributed by atoms with Gasteiger partial charge in [-0.05, 0) is 31.7 Å². The van der Waals surface area contributed by atoms with Crippen molar-refractivity contribution in [2.24, 2.45) is 0 Å². The molecule has 1 unspecified atom stereocenters. The SMILES string of the molecule is CCNC(C)CC(=O)Nc1ccc(F)c(NS(C)(=O)=O)c1. The maximum atomic E-state index is 13.5. The average Bonchev–Trinajstić information content (AvgIpc) is 2.31. The van der Waals surface area contributed by atoms with Crippen LogP contribution in [0.15, 0.2) is 18.2 Å². The third-order valence-corrected chi connectivity index (χ3v) is 3.18. The van der Waals surface area contributed by atoms with Crippen LogP contribution in [0.5, 0.6) is 0 Å². The van der Waals surface area contributed by atoms with Crippen LogP contribution < -0.4 is 15.4 Å². The summed E-state index contributed by atoms with van der Waals surface area (Å²) in [6.45, 7) is 4.58. The van der Waals surface area contributed by atoms with Gasteiger partial charge in [-0.15, -0.1) is 0 Å². The number of sulfonamides is 1. The Bertz CT molecular complexity index is 605. The Morgan fingerprint density at radius 3 is 2.62 bits per heavy atom. The lowest BCUT2D eigenvalue weighted by Gasteiger charge is -2.13. The van der Waals surface area contributed by atoms with Gasteiger partial charge in [0.05, 0.1) is 11.9 Å². The summed E-state index contributed by atoms with van der Waals surface area (Å²) in [7, 11) is -3.58. The zero-order valence-electron chi connectivity index (χ0n) is 12.2. The van der Waals surface area contributed by atoms with Crippen LogP contribution in [0.25, 0.3) is 0 Å². The first-order valence-corrected chi connectivity index (χ1v) is 8.41. The van der Waals surface area contributed by atoms with E-state index in [4.69, 9.17) is 0 Å². The molecule has 0 aliphatic heterocycles. The Morgan fingerprint density at radius 1 is 1.38 bits per heavy atom. The molecule has 0 bridgehead atoms. The highest BCUT2D eigenvalue weighted by Gasteiger charge is 2.11. The van der Waals surface area contributed by atoms with Gasteiger partial charge in [0.2, 0.25) is 15.9 Å². The zero-order valence-corrected chi connectivity index (χ0v) is 13.1. The van der Waals surface area contributed by atoms with Crippen LogP contribution in [-0.2, 0) is 14.8 Å². The summed E-state index contributed by atoms with van der Waals surface area (Å²) in [5, 5.41) is 5.71. The average molecular weight is 317 g/mol. The van der Waals surface area contributed by atoms with Gasteiger partial charge in [-0.2, -0.15) is 0 Å². The number of carbonyl (C=O) groups excluding carboxylic acids is 1. The highest BCUT2D eigenvalue weighted by Crippen LogP contribution is 2.20. The zero-order chi connectivity index (χ0) is 16.0. The monoisotopic (exact) mass is 317 g/mol. The van der Waals surface area contributed by atoms with Crippen molar-refractivity contribution in [3.8, 4) is 0 Å². The normalized spacial score (nSPS) is 12.8. The molecule has 0 heterocycles. The molecule has 0 spiro atoms. The van der Waals surface area contributed by atoms with E-state index in [1.807, 2.05) is 13.8 Å². The smallest absolute Gasteiger partial charge is 0.229 e. The number of hydrogen-bond donors (Lipinski definition) is 3. The van der Waals surface area contributed by atoms with Crippen molar-refractivity contribution in [3.63, 3.8) is 0 Å². The van der Waals surface area contributed by atoms with Gasteiger partial charge >= 0.3 is 0 Å². The highest BCUT2D eigenvalue weighted by atomic mass is 32.2. The van der Waals surface area contributed by atoms with E-state index in [1.165, 1.54) is 12.1 Å². The molecule has 0 saturated heterocycles. The van der Waals surface area contributed by atoms with Crippen molar-refractivity contribution < 1.29 is 17.6 Å². The molecule has 118 valence electrons. The number of amides is 1. The summed E-state index contributed by atoms with van der Waals surface area (Å²) in [4.78, 5) is 11.8. The molecule has 0 aliphatic rings. The number of halogens is 1. The van der Waals surface area contributed by atoms with Crippen molar-refractivity contribution in [1.82, 2.24) is 5.32 Å². The minimum Gasteiger partial charge on any atom is -0.326 e. The van der Waals surface area contributed by atoms with Crippen LogP contribution in [0.2, 0.25) is 0 Å². The van der Waals surface area contributed by atoms with Crippen LogP contribution >= 0.6 is 0 Å². The first-order valence-electron chi connectivity index (χ1n) is 6.52. The third kappa shape index (κ3) is 6.54. The molecular weight excluding hydrogens is 297 g/mol. The molecule has 3 N–H and O–H groups in total. The Morgan fingerprint density at radius 2 is 2.05 bits per heavy atom. The van der Waals surface area contributed by atoms with Gasteiger partial charge in [-0.1, -0.05) is 6.92 Å². The molecule has 6 nitrogen and oxygen atoms in total. The molecule has 1 amide bonds. The minimum absolute atomic E-state index is 0.0177. The lowest BCUT2D eigenvalue weighted by Crippen LogP contribution is -2.30. The fraction of sp³-hybridized carbons (Fsp3) is 0.462. The van der Waals surface area contributed by atoms with E-state index >= 15 is 0 Å². The summed E-state index contributed by atoms with van der Waals surface area (Å²) in [5.41, 5.74) is 0.131. The van der Waals surface area contributed by atoms with Crippen molar-refractivity contribution in [2.45, 2.75) is 26.3 Å². The van der Waals surface area contributed by atoms with Crippen molar-refractivity contribution in [1.29, 1.82) is 0 Å². The number of carbonyl (C=O) groups is 1. The Hall–Kier alpha value is -1.67. The van der Waals surface area contributed by atoms with Crippen LogP contribution in [0.1, 0.15) is 20.3 Å². The molecule has 0 fully saturated rings. The Kier molecular flexibility index (Phi) is 6.10. The lowest BCUT2D eigenvalue weighted by molar-refractivity contribution is -0.116. The quantitative estimate of drug-likeness (QED) is 0.711. The van der Waals surface area contributed by atoms with E-state index in [0.717, 1.165) is 18.9 Å². The predicted octanol–water partition coefficient (Wildman–Crippen LogP) is 1.52. The van der Waals surface area contributed by atoms with Gasteiger partial charge in [-0.25, -0.2) is 12.8 Å². The highest BCUT2D eigenvalue weighted by molar-refractivity contribution is 7.92. The second kappa shape index (κ2) is 7.37. The number of hydrogen-bond acceptors (Lipinski definition) is 4. The van der Waals surface area contributed by atoms with E-state index < -0.39 is 15.8 Å². The number of rotatable bonds is 7. The molecule has 8 heteroatoms. The molecule has 0 aliphatic carbocycles. The fourth-order valence-electron chi connectivity index (χ4n) is 1.79. The van der Waals surface area contributed by atoms with Crippen LogP contribution in [0.4, 0.5) is 15.8 Å². The van der Waals surface area contributed by atoms with Gasteiger partial charge < -0.3 is 10.6 Å². The summed E-state index contributed by atoms with van der Waals surface area (Å²) < 4.78 is 37.8. The third-order valence-electron chi connectivity index (χ3n) is 2.59. The van der Waals surface area contributed by atoms with Gasteiger partial charge in [0.15, 0.2) is 0 Å². The topological polar surface area (TPSA) is 87.3 Å². The van der Waals surface area contributed by atoms with Crippen molar-refractivity contribution >= 4 is 27.3 Å². The molecule has 21 heavy (non-hydrogen) atoms. The molecule has 0 aromatic heterocycles. The van der Waals surface area contributed by atoms with Crippen LogP contribution in [0.3, 0.4) is 0 Å². The number of anilines is 2. The first kappa shape index (κ1) is 17.4. The molecule has 1 rings (SSSR count). The van der Waals surface area contributed by atoms with E-state index in [0.29, 0.717) is 5.69 Å². The molecular formula is C13H20FN3O3S. The summed E-state index contributed by atoms with van der Waals surface area (Å²) in [5.74, 6) is -0.945. The molecule has 0 radical (unpaired) electrons. The van der Waals surface area contributed by atoms with Crippen LogP contribution in [-0.4, -0.2) is 33.2 Å². The largest absolute Gasteiger partial charge is 0.326 e. The van der Waals surface area contributed by atoms with Gasteiger partial charge in [-0.3, -0.25) is 9.52 Å². The molecule has 1 atom stereocenters. The number of benzene rings is 1. The first-order chi connectivity index (χ1) is 9.71. The van der Waals surface area contributed by atoms with Gasteiger partial charge in [0.1, 0.15) is 5.82 Å². The molecule has 1 aromatic carbocycles.